The largest absolute Gasteiger partial charge is 0.309 e. The van der Waals surface area contributed by atoms with E-state index in [1.807, 2.05) is 109 Å². The molecule has 0 unspecified atom stereocenters. The van der Waals surface area contributed by atoms with Gasteiger partial charge in [0, 0.05) is 55.7 Å². The number of fused-ring (bicyclic) bond motifs is 6. The van der Waals surface area contributed by atoms with Crippen LogP contribution in [-0.2, 0) is 0 Å². The molecule has 68 heavy (non-hydrogen) atoms. The lowest BCUT2D eigenvalue weighted by atomic mass is 9.98. The lowest BCUT2D eigenvalue weighted by Crippen LogP contribution is -2.05. The molecule has 12 rings (SSSR count). The van der Waals surface area contributed by atoms with Gasteiger partial charge in [-0.2, -0.15) is 15.8 Å². The molecule has 0 bridgehead atoms. The summed E-state index contributed by atoms with van der Waals surface area (Å²) in [4.78, 5) is 20.2. The van der Waals surface area contributed by atoms with Crippen LogP contribution in [0.25, 0.3) is 112 Å². The van der Waals surface area contributed by atoms with E-state index in [0.717, 1.165) is 71.6 Å². The SMILES string of the molecule is N#Cc1cc(C#N)cc(-c2ccc3c(c2)c2ccccc2n3-c2c(C#N)cc(-c3nc(-c4ccccc4)nc(-c4ccccc4)n3)cc2-c2cc(-n3c4ccccc4c4ccccc43)ccn2)c1. The molecule has 9 heteroatoms. The molecule has 9 nitrogen and oxygen atoms in total. The first-order chi connectivity index (χ1) is 33.6. The van der Waals surface area contributed by atoms with Crippen molar-refractivity contribution in [1.29, 1.82) is 15.8 Å². The molecule has 0 atom stereocenters. The summed E-state index contributed by atoms with van der Waals surface area (Å²) < 4.78 is 4.40. The molecule has 0 N–H and O–H groups in total. The summed E-state index contributed by atoms with van der Waals surface area (Å²) in [6.45, 7) is 0. The van der Waals surface area contributed by atoms with E-state index in [4.69, 9.17) is 19.9 Å². The molecule has 4 aromatic heterocycles. The summed E-state index contributed by atoms with van der Waals surface area (Å²) in [6, 6.07) is 70.9. The topological polar surface area (TPSA) is 133 Å². The van der Waals surface area contributed by atoms with Crippen molar-refractivity contribution in [1.82, 2.24) is 29.1 Å². The van der Waals surface area contributed by atoms with Crippen LogP contribution in [0, 0.1) is 34.0 Å². The summed E-state index contributed by atoms with van der Waals surface area (Å²) in [5.41, 5.74) is 11.8. The molecule has 12 aromatic rings. The molecule has 0 aliphatic carbocycles. The molecule has 8 aromatic carbocycles. The highest BCUT2D eigenvalue weighted by Crippen LogP contribution is 2.42. The van der Waals surface area contributed by atoms with Crippen molar-refractivity contribution in [2.45, 2.75) is 0 Å². The molecule has 0 radical (unpaired) electrons. The van der Waals surface area contributed by atoms with E-state index >= 15 is 0 Å². The van der Waals surface area contributed by atoms with E-state index in [1.165, 1.54) is 0 Å². The predicted octanol–water partition coefficient (Wildman–Crippen LogP) is 13.4. The highest BCUT2D eigenvalue weighted by Gasteiger charge is 2.24. The Labute approximate surface area is 390 Å². The molecule has 0 saturated heterocycles. The number of hydrogen-bond donors (Lipinski definition) is 0. The summed E-state index contributed by atoms with van der Waals surface area (Å²) >= 11 is 0. The standard InChI is InChI=1S/C59H33N9/c60-34-37-27-38(35-61)29-42(28-37)41-23-24-55-49(31-41)48-19-9-12-22-54(48)68(55)56-44(36-62)30-43(59-65-57(39-13-3-1-4-14-39)64-58(66-59)40-15-5-2-6-16-40)32-50(56)51-33-45(25-26-63-51)67-52-20-10-7-17-46(52)47-18-8-11-21-53(47)67/h1-33H. The molecule has 0 fully saturated rings. The quantitative estimate of drug-likeness (QED) is 0.156. The van der Waals surface area contributed by atoms with E-state index in [0.29, 0.717) is 56.7 Å². The molecular formula is C59H33N9. The van der Waals surface area contributed by atoms with Crippen molar-refractivity contribution in [3.05, 3.63) is 217 Å². The van der Waals surface area contributed by atoms with Crippen LogP contribution in [0.5, 0.6) is 0 Å². The van der Waals surface area contributed by atoms with Gasteiger partial charge in [-0.25, -0.2) is 15.0 Å². The van der Waals surface area contributed by atoms with Gasteiger partial charge in [0.15, 0.2) is 17.5 Å². The van der Waals surface area contributed by atoms with E-state index in [2.05, 4.69) is 100 Å². The van der Waals surface area contributed by atoms with E-state index in [-0.39, 0.29) is 0 Å². The third kappa shape index (κ3) is 6.61. The molecule has 0 saturated carbocycles. The summed E-state index contributed by atoms with van der Waals surface area (Å²) in [5, 5.41) is 35.2. The number of nitriles is 3. The molecule has 0 aliphatic heterocycles. The Hall–Kier alpha value is -10.0. The van der Waals surface area contributed by atoms with Gasteiger partial charge in [-0.3, -0.25) is 4.98 Å². The predicted molar refractivity (Wildman–Crippen MR) is 268 cm³/mol. The van der Waals surface area contributed by atoms with E-state index < -0.39 is 0 Å². The van der Waals surface area contributed by atoms with Crippen molar-refractivity contribution >= 4 is 43.6 Å². The van der Waals surface area contributed by atoms with Crippen LogP contribution in [0.3, 0.4) is 0 Å². The zero-order valence-corrected chi connectivity index (χ0v) is 36.1. The summed E-state index contributed by atoms with van der Waals surface area (Å²) in [7, 11) is 0. The molecule has 0 amide bonds. The van der Waals surface area contributed by atoms with Gasteiger partial charge in [0.2, 0.25) is 0 Å². The Bertz CT molecular complexity index is 3990. The van der Waals surface area contributed by atoms with Crippen LogP contribution in [0.15, 0.2) is 200 Å². The summed E-state index contributed by atoms with van der Waals surface area (Å²) in [5.74, 6) is 1.42. The highest BCUT2D eigenvalue weighted by molar-refractivity contribution is 6.12. The van der Waals surface area contributed by atoms with Gasteiger partial charge in [-0.05, 0) is 83.9 Å². The van der Waals surface area contributed by atoms with Gasteiger partial charge in [0.25, 0.3) is 0 Å². The van der Waals surface area contributed by atoms with Crippen molar-refractivity contribution in [3.8, 4) is 86.1 Å². The van der Waals surface area contributed by atoms with Gasteiger partial charge in [0.05, 0.1) is 62.3 Å². The van der Waals surface area contributed by atoms with Gasteiger partial charge in [-0.1, -0.05) is 121 Å². The lowest BCUT2D eigenvalue weighted by molar-refractivity contribution is 1.07. The highest BCUT2D eigenvalue weighted by atomic mass is 15.0. The fourth-order valence-corrected chi connectivity index (χ4v) is 9.45. The molecule has 314 valence electrons. The Kier molecular flexibility index (Phi) is 9.43. The Morgan fingerprint density at radius 1 is 0.368 bits per heavy atom. The third-order valence-electron chi connectivity index (χ3n) is 12.5. The Morgan fingerprint density at radius 3 is 1.46 bits per heavy atom. The molecular weight excluding hydrogens is 835 g/mol. The van der Waals surface area contributed by atoms with Crippen molar-refractivity contribution in [3.63, 3.8) is 0 Å². The van der Waals surface area contributed by atoms with Crippen LogP contribution in [0.2, 0.25) is 0 Å². The van der Waals surface area contributed by atoms with E-state index in [9.17, 15) is 15.8 Å². The van der Waals surface area contributed by atoms with Gasteiger partial charge < -0.3 is 9.13 Å². The van der Waals surface area contributed by atoms with Crippen LogP contribution < -0.4 is 0 Å². The zero-order valence-electron chi connectivity index (χ0n) is 36.1. The monoisotopic (exact) mass is 867 g/mol. The second kappa shape index (κ2) is 16.2. The average molecular weight is 868 g/mol. The van der Waals surface area contributed by atoms with Crippen LogP contribution in [-0.4, -0.2) is 29.1 Å². The number of nitrogens with zero attached hydrogens (tertiary/aromatic N) is 9. The third-order valence-corrected chi connectivity index (χ3v) is 12.5. The minimum Gasteiger partial charge on any atom is -0.309 e. The minimum atomic E-state index is 0.386. The van der Waals surface area contributed by atoms with Crippen LogP contribution in [0.4, 0.5) is 0 Å². The zero-order chi connectivity index (χ0) is 45.7. The first-order valence-electron chi connectivity index (χ1n) is 22.0. The number of aromatic nitrogens is 6. The van der Waals surface area contributed by atoms with E-state index in [1.54, 1.807) is 18.2 Å². The van der Waals surface area contributed by atoms with Crippen molar-refractivity contribution < 1.29 is 0 Å². The normalized spacial score (nSPS) is 11.2. The average Bonchev–Trinajstić information content (AvgIpc) is 3.93. The van der Waals surface area contributed by atoms with Crippen LogP contribution in [0.1, 0.15) is 16.7 Å². The first-order valence-corrected chi connectivity index (χ1v) is 22.0. The van der Waals surface area contributed by atoms with Crippen LogP contribution >= 0.6 is 0 Å². The Balaban J connectivity index is 1.15. The van der Waals surface area contributed by atoms with Gasteiger partial charge in [0.1, 0.15) is 6.07 Å². The van der Waals surface area contributed by atoms with Crippen molar-refractivity contribution in [2.24, 2.45) is 0 Å². The van der Waals surface area contributed by atoms with Gasteiger partial charge in [-0.15, -0.1) is 0 Å². The molecule has 0 spiro atoms. The minimum absolute atomic E-state index is 0.386. The van der Waals surface area contributed by atoms with Crippen molar-refractivity contribution in [2.75, 3.05) is 0 Å². The fourth-order valence-electron chi connectivity index (χ4n) is 9.45. The maximum Gasteiger partial charge on any atom is 0.164 e. The second-order valence-corrected chi connectivity index (χ2v) is 16.4. The fraction of sp³-hybridized carbons (Fsp3) is 0. The first kappa shape index (κ1) is 39.6. The maximum atomic E-state index is 11.4. The molecule has 0 aliphatic rings. The number of hydrogen-bond acceptors (Lipinski definition) is 7. The second-order valence-electron chi connectivity index (χ2n) is 16.4. The Morgan fingerprint density at radius 2 is 0.882 bits per heavy atom. The smallest absolute Gasteiger partial charge is 0.164 e. The summed E-state index contributed by atoms with van der Waals surface area (Å²) in [6.07, 6.45) is 1.82. The number of rotatable bonds is 7. The number of pyridine rings is 1. The number of benzene rings is 8. The molecule has 4 heterocycles. The lowest BCUT2D eigenvalue weighted by Gasteiger charge is -2.18. The number of para-hydroxylation sites is 3. The maximum absolute atomic E-state index is 11.4. The van der Waals surface area contributed by atoms with Gasteiger partial charge >= 0.3 is 0 Å².